The van der Waals surface area contributed by atoms with Crippen molar-refractivity contribution in [1.29, 1.82) is 0 Å². The number of nitrogens with one attached hydrogen (secondary N) is 1. The summed E-state index contributed by atoms with van der Waals surface area (Å²) in [6.07, 6.45) is 0. The minimum Gasteiger partial charge on any atom is -0.432 e. The van der Waals surface area contributed by atoms with E-state index in [9.17, 15) is 4.79 Å². The van der Waals surface area contributed by atoms with Crippen LogP contribution in [0.4, 0.5) is 5.69 Å². The molecule has 0 radical (unpaired) electrons. The van der Waals surface area contributed by atoms with Gasteiger partial charge in [0.1, 0.15) is 5.75 Å². The number of ether oxygens (including phenoxy) is 1. The zero-order chi connectivity index (χ0) is 16.1. The van der Waals surface area contributed by atoms with Gasteiger partial charge in [0, 0.05) is 25.7 Å². The van der Waals surface area contributed by atoms with Crippen LogP contribution in [0.3, 0.4) is 0 Å². The summed E-state index contributed by atoms with van der Waals surface area (Å²) < 4.78 is 5.75. The normalized spacial score (nSPS) is 10.3. The Kier molecular flexibility index (Phi) is 5.33. The molecule has 0 unspecified atom stereocenters. The van der Waals surface area contributed by atoms with Gasteiger partial charge in [-0.1, -0.05) is 12.1 Å². The van der Waals surface area contributed by atoms with E-state index >= 15 is 0 Å². The average Bonchev–Trinajstić information content (AvgIpc) is 2.48. The fourth-order valence-electron chi connectivity index (χ4n) is 2.22. The number of benzene rings is 2. The predicted molar refractivity (Wildman–Crippen MR) is 94.4 cm³/mol. The Balaban J connectivity index is 2.20. The molecule has 22 heavy (non-hydrogen) atoms. The highest BCUT2D eigenvalue weighted by molar-refractivity contribution is 7.80. The Hall–Kier alpha value is -2.14. The van der Waals surface area contributed by atoms with E-state index in [1.54, 1.807) is 0 Å². The molecule has 0 fully saturated rings. The van der Waals surface area contributed by atoms with Gasteiger partial charge in [-0.15, -0.1) is 0 Å². The number of amides is 1. The van der Waals surface area contributed by atoms with E-state index in [0.29, 0.717) is 5.17 Å². The molecule has 2 aromatic rings. The lowest BCUT2D eigenvalue weighted by Gasteiger charge is -2.21. The molecule has 0 aromatic heterocycles. The fourth-order valence-corrected chi connectivity index (χ4v) is 2.57. The van der Waals surface area contributed by atoms with Crippen molar-refractivity contribution in [3.63, 3.8) is 0 Å². The van der Waals surface area contributed by atoms with Crippen molar-refractivity contribution in [2.24, 2.45) is 0 Å². The van der Waals surface area contributed by atoms with Crippen LogP contribution in [0.1, 0.15) is 20.8 Å². The van der Waals surface area contributed by atoms with Gasteiger partial charge < -0.3 is 15.0 Å². The maximum Gasteiger partial charge on any atom is 0.264 e. The SMILES string of the molecule is CCN(CC)C(=S)Oc1ccc2cc(NC(C)=O)ccc2c1. The molecular formula is C17H20N2O2S. The Morgan fingerprint density at radius 1 is 1.14 bits per heavy atom. The molecular weight excluding hydrogens is 296 g/mol. The molecule has 116 valence electrons. The number of carbonyl (C=O) groups is 1. The second-order valence-corrected chi connectivity index (χ2v) is 5.29. The van der Waals surface area contributed by atoms with Crippen LogP contribution >= 0.6 is 12.2 Å². The fraction of sp³-hybridized carbons (Fsp3) is 0.294. The van der Waals surface area contributed by atoms with Crippen molar-refractivity contribution in [2.75, 3.05) is 18.4 Å². The maximum atomic E-state index is 11.1. The molecule has 0 saturated carbocycles. The van der Waals surface area contributed by atoms with Crippen molar-refractivity contribution in [3.05, 3.63) is 36.4 Å². The van der Waals surface area contributed by atoms with E-state index in [1.165, 1.54) is 6.92 Å². The van der Waals surface area contributed by atoms with Crippen molar-refractivity contribution in [3.8, 4) is 5.75 Å². The third-order valence-corrected chi connectivity index (χ3v) is 3.70. The van der Waals surface area contributed by atoms with Crippen LogP contribution in [0, 0.1) is 0 Å². The molecule has 2 rings (SSSR count). The standard InChI is InChI=1S/C17H20N2O2S/c1-4-19(5-2)17(22)21-16-9-7-13-10-15(18-12(3)20)8-6-14(13)11-16/h6-11H,4-5H2,1-3H3,(H,18,20). The quantitative estimate of drug-likeness (QED) is 0.871. The van der Waals surface area contributed by atoms with Crippen molar-refractivity contribution in [2.45, 2.75) is 20.8 Å². The van der Waals surface area contributed by atoms with Gasteiger partial charge in [0.25, 0.3) is 5.17 Å². The first kappa shape index (κ1) is 16.2. The van der Waals surface area contributed by atoms with Gasteiger partial charge in [-0.05, 0) is 61.1 Å². The van der Waals surface area contributed by atoms with Gasteiger partial charge in [0.05, 0.1) is 0 Å². The number of rotatable bonds is 4. The summed E-state index contributed by atoms with van der Waals surface area (Å²) in [5.74, 6) is 0.639. The third kappa shape index (κ3) is 3.95. The van der Waals surface area contributed by atoms with Gasteiger partial charge in [-0.25, -0.2) is 0 Å². The second kappa shape index (κ2) is 7.22. The zero-order valence-electron chi connectivity index (χ0n) is 13.1. The molecule has 1 N–H and O–H groups in total. The summed E-state index contributed by atoms with van der Waals surface area (Å²) in [5.41, 5.74) is 0.785. The van der Waals surface area contributed by atoms with E-state index in [4.69, 9.17) is 17.0 Å². The van der Waals surface area contributed by atoms with Gasteiger partial charge >= 0.3 is 0 Å². The third-order valence-electron chi connectivity index (χ3n) is 3.36. The first-order valence-corrected chi connectivity index (χ1v) is 7.72. The summed E-state index contributed by atoms with van der Waals surface area (Å²) in [6, 6.07) is 11.5. The van der Waals surface area contributed by atoms with Crippen molar-refractivity contribution in [1.82, 2.24) is 4.90 Å². The molecule has 0 aliphatic rings. The number of carbonyl (C=O) groups excluding carboxylic acids is 1. The molecule has 0 aliphatic carbocycles. The smallest absolute Gasteiger partial charge is 0.264 e. The Morgan fingerprint density at radius 3 is 2.41 bits per heavy atom. The highest BCUT2D eigenvalue weighted by Gasteiger charge is 2.08. The van der Waals surface area contributed by atoms with Crippen molar-refractivity contribution >= 4 is 39.8 Å². The van der Waals surface area contributed by atoms with Crippen molar-refractivity contribution < 1.29 is 9.53 Å². The van der Waals surface area contributed by atoms with Crippen LogP contribution in [-0.4, -0.2) is 29.1 Å². The van der Waals surface area contributed by atoms with Gasteiger partial charge in [0.2, 0.25) is 5.91 Å². The largest absolute Gasteiger partial charge is 0.432 e. The lowest BCUT2D eigenvalue weighted by Crippen LogP contribution is -2.32. The Morgan fingerprint density at radius 2 is 1.77 bits per heavy atom. The number of thiocarbonyl (C=S) groups is 1. The highest BCUT2D eigenvalue weighted by atomic mass is 32.1. The number of hydrogen-bond donors (Lipinski definition) is 1. The Labute approximate surface area is 136 Å². The van der Waals surface area contributed by atoms with Crippen LogP contribution < -0.4 is 10.1 Å². The molecule has 0 atom stereocenters. The summed E-state index contributed by atoms with van der Waals surface area (Å²) >= 11 is 5.30. The average molecular weight is 316 g/mol. The summed E-state index contributed by atoms with van der Waals surface area (Å²) in [5, 5.41) is 5.33. The molecule has 0 bridgehead atoms. The minimum absolute atomic E-state index is 0.0797. The second-order valence-electron chi connectivity index (χ2n) is 4.95. The molecule has 2 aromatic carbocycles. The molecule has 5 heteroatoms. The molecule has 0 aliphatic heterocycles. The van der Waals surface area contributed by atoms with Crippen LogP contribution in [0.25, 0.3) is 10.8 Å². The highest BCUT2D eigenvalue weighted by Crippen LogP contribution is 2.24. The Bertz CT molecular complexity index is 696. The molecule has 4 nitrogen and oxygen atoms in total. The zero-order valence-corrected chi connectivity index (χ0v) is 13.9. The van der Waals surface area contributed by atoms with Crippen LogP contribution in [0.15, 0.2) is 36.4 Å². The maximum absolute atomic E-state index is 11.1. The first-order chi connectivity index (χ1) is 10.5. The van der Waals surface area contributed by atoms with E-state index in [2.05, 4.69) is 5.32 Å². The van der Waals surface area contributed by atoms with E-state index in [1.807, 2.05) is 55.1 Å². The number of fused-ring (bicyclic) bond motifs is 1. The summed E-state index contributed by atoms with van der Waals surface area (Å²) in [6.45, 7) is 7.23. The van der Waals surface area contributed by atoms with Gasteiger partial charge in [-0.2, -0.15) is 0 Å². The van der Waals surface area contributed by atoms with Crippen LogP contribution in [-0.2, 0) is 4.79 Å². The number of hydrogen-bond acceptors (Lipinski definition) is 3. The molecule has 0 saturated heterocycles. The van der Waals surface area contributed by atoms with E-state index < -0.39 is 0 Å². The van der Waals surface area contributed by atoms with Gasteiger partial charge in [-0.3, -0.25) is 4.79 Å². The topological polar surface area (TPSA) is 41.6 Å². The summed E-state index contributed by atoms with van der Waals surface area (Å²) in [7, 11) is 0. The van der Waals surface area contributed by atoms with E-state index in [0.717, 1.165) is 35.3 Å². The molecule has 0 heterocycles. The lowest BCUT2D eigenvalue weighted by atomic mass is 10.1. The lowest BCUT2D eigenvalue weighted by molar-refractivity contribution is -0.114. The van der Waals surface area contributed by atoms with Crippen LogP contribution in [0.5, 0.6) is 5.75 Å². The van der Waals surface area contributed by atoms with Crippen LogP contribution in [0.2, 0.25) is 0 Å². The number of nitrogens with zero attached hydrogens (tertiary/aromatic N) is 1. The first-order valence-electron chi connectivity index (χ1n) is 7.31. The number of anilines is 1. The minimum atomic E-state index is -0.0797. The molecule has 0 spiro atoms. The van der Waals surface area contributed by atoms with E-state index in [-0.39, 0.29) is 5.91 Å². The molecule has 1 amide bonds. The summed E-state index contributed by atoms with van der Waals surface area (Å²) in [4.78, 5) is 13.1. The monoisotopic (exact) mass is 316 g/mol. The van der Waals surface area contributed by atoms with Gasteiger partial charge in [0.15, 0.2) is 0 Å². The predicted octanol–water partition coefficient (Wildman–Crippen LogP) is 3.80.